The molecule has 0 aromatic heterocycles. The number of carbonyl (C=O) groups is 2. The van der Waals surface area contributed by atoms with E-state index < -0.39 is 0 Å². The minimum absolute atomic E-state index is 0.0439. The first-order chi connectivity index (χ1) is 7.10. The third-order valence-corrected chi connectivity index (χ3v) is 2.02. The molecule has 88 valence electrons. The zero-order chi connectivity index (χ0) is 11.7. The Morgan fingerprint density at radius 2 is 1.87 bits per heavy atom. The van der Waals surface area contributed by atoms with Crippen LogP contribution in [0.1, 0.15) is 19.8 Å². The summed E-state index contributed by atoms with van der Waals surface area (Å²) in [4.78, 5) is 23.9. The summed E-state index contributed by atoms with van der Waals surface area (Å²) in [5, 5.41) is 2.72. The number of methoxy groups -OCH3 is 1. The van der Waals surface area contributed by atoms with Gasteiger partial charge in [-0.05, 0) is 14.0 Å². The number of amides is 1. The van der Waals surface area contributed by atoms with E-state index in [4.69, 9.17) is 0 Å². The molecule has 0 aliphatic carbocycles. The van der Waals surface area contributed by atoms with Crippen molar-refractivity contribution in [1.29, 1.82) is 0 Å². The fourth-order valence-corrected chi connectivity index (χ4v) is 1.07. The first kappa shape index (κ1) is 13.9. The number of nitrogens with zero attached hydrogens (tertiary/aromatic N) is 1. The van der Waals surface area contributed by atoms with E-state index in [0.29, 0.717) is 32.5 Å². The van der Waals surface area contributed by atoms with Crippen LogP contribution >= 0.6 is 0 Å². The van der Waals surface area contributed by atoms with Crippen molar-refractivity contribution in [3.63, 3.8) is 0 Å². The third-order valence-electron chi connectivity index (χ3n) is 2.02. The normalized spacial score (nSPS) is 10.1. The van der Waals surface area contributed by atoms with Crippen LogP contribution in [0, 0.1) is 0 Å². The molecule has 0 radical (unpaired) electrons. The zero-order valence-corrected chi connectivity index (χ0v) is 9.71. The molecule has 0 spiro atoms. The Morgan fingerprint density at radius 1 is 1.27 bits per heavy atom. The highest BCUT2D eigenvalue weighted by Crippen LogP contribution is 1.92. The highest BCUT2D eigenvalue weighted by molar-refractivity contribution is 5.76. The first-order valence-electron chi connectivity index (χ1n) is 5.12. The van der Waals surface area contributed by atoms with Crippen LogP contribution in [0.15, 0.2) is 0 Å². The van der Waals surface area contributed by atoms with E-state index in [1.807, 2.05) is 18.9 Å². The Labute approximate surface area is 90.8 Å². The molecule has 0 rings (SSSR count). The lowest BCUT2D eigenvalue weighted by molar-refractivity contribution is -0.140. The largest absolute Gasteiger partial charge is 0.469 e. The van der Waals surface area contributed by atoms with Gasteiger partial charge in [0.05, 0.1) is 13.5 Å². The Kier molecular flexibility index (Phi) is 7.62. The molecule has 0 saturated carbocycles. The van der Waals surface area contributed by atoms with Gasteiger partial charge in [-0.2, -0.15) is 0 Å². The Morgan fingerprint density at radius 3 is 2.40 bits per heavy atom. The fourth-order valence-electron chi connectivity index (χ4n) is 1.07. The van der Waals surface area contributed by atoms with E-state index in [2.05, 4.69) is 10.1 Å². The number of hydrogen-bond acceptors (Lipinski definition) is 4. The van der Waals surface area contributed by atoms with Gasteiger partial charge in [-0.15, -0.1) is 0 Å². The van der Waals surface area contributed by atoms with Crippen LogP contribution in [0.25, 0.3) is 0 Å². The summed E-state index contributed by atoms with van der Waals surface area (Å²) in [7, 11) is 3.25. The van der Waals surface area contributed by atoms with Crippen LogP contribution in [0.4, 0.5) is 0 Å². The van der Waals surface area contributed by atoms with Crippen molar-refractivity contribution >= 4 is 11.9 Å². The number of esters is 1. The maximum Gasteiger partial charge on any atom is 0.306 e. The van der Waals surface area contributed by atoms with E-state index in [1.165, 1.54) is 7.11 Å². The van der Waals surface area contributed by atoms with Crippen molar-refractivity contribution in [2.45, 2.75) is 19.8 Å². The van der Waals surface area contributed by atoms with Gasteiger partial charge in [0.2, 0.25) is 5.91 Å². The maximum absolute atomic E-state index is 11.1. The second-order valence-corrected chi connectivity index (χ2v) is 3.33. The number of carbonyl (C=O) groups excluding carboxylic acids is 2. The van der Waals surface area contributed by atoms with Crippen molar-refractivity contribution in [2.24, 2.45) is 0 Å². The molecule has 0 atom stereocenters. The smallest absolute Gasteiger partial charge is 0.306 e. The number of ether oxygens (including phenoxy) is 1. The van der Waals surface area contributed by atoms with E-state index in [-0.39, 0.29) is 11.9 Å². The molecule has 0 bridgehead atoms. The van der Waals surface area contributed by atoms with Gasteiger partial charge in [0.1, 0.15) is 0 Å². The predicted molar refractivity (Wildman–Crippen MR) is 57.4 cm³/mol. The van der Waals surface area contributed by atoms with Crippen LogP contribution in [-0.2, 0) is 14.3 Å². The minimum Gasteiger partial charge on any atom is -0.469 e. The summed E-state index contributed by atoms with van der Waals surface area (Å²) in [6.07, 6.45) is 0.827. The molecule has 0 saturated heterocycles. The summed E-state index contributed by atoms with van der Waals surface area (Å²) < 4.78 is 4.52. The highest BCUT2D eigenvalue weighted by atomic mass is 16.5. The van der Waals surface area contributed by atoms with Gasteiger partial charge >= 0.3 is 5.97 Å². The lowest BCUT2D eigenvalue weighted by Crippen LogP contribution is -2.29. The van der Waals surface area contributed by atoms with Gasteiger partial charge in [-0.3, -0.25) is 9.59 Å². The molecular weight excluding hydrogens is 196 g/mol. The van der Waals surface area contributed by atoms with Crippen molar-refractivity contribution in [3.05, 3.63) is 0 Å². The van der Waals surface area contributed by atoms with Gasteiger partial charge in [-0.1, -0.05) is 0 Å². The van der Waals surface area contributed by atoms with Crippen LogP contribution in [0.3, 0.4) is 0 Å². The number of nitrogens with one attached hydrogen (secondary N) is 1. The molecule has 1 N–H and O–H groups in total. The average Bonchev–Trinajstić information content (AvgIpc) is 2.23. The number of hydrogen-bond donors (Lipinski definition) is 1. The van der Waals surface area contributed by atoms with Gasteiger partial charge in [-0.25, -0.2) is 0 Å². The third kappa shape index (κ3) is 7.93. The van der Waals surface area contributed by atoms with Crippen molar-refractivity contribution in [1.82, 2.24) is 10.2 Å². The van der Waals surface area contributed by atoms with Crippen molar-refractivity contribution in [3.8, 4) is 0 Å². The van der Waals surface area contributed by atoms with E-state index in [1.54, 1.807) is 0 Å². The lowest BCUT2D eigenvalue weighted by atomic mass is 10.3. The van der Waals surface area contributed by atoms with Gasteiger partial charge < -0.3 is 15.0 Å². The molecule has 0 aromatic rings. The molecule has 0 aliphatic heterocycles. The summed E-state index contributed by atoms with van der Waals surface area (Å²) in [5.74, 6) is -0.178. The monoisotopic (exact) mass is 216 g/mol. The molecular formula is C10H20N2O3. The van der Waals surface area contributed by atoms with Crippen LogP contribution in [0.5, 0.6) is 0 Å². The molecule has 0 heterocycles. The average molecular weight is 216 g/mol. The van der Waals surface area contributed by atoms with Gasteiger partial charge in [0.25, 0.3) is 0 Å². The SMILES string of the molecule is CCNC(=O)CCN(C)CCC(=O)OC. The van der Waals surface area contributed by atoms with Crippen LogP contribution in [0.2, 0.25) is 0 Å². The van der Waals surface area contributed by atoms with Crippen LogP contribution < -0.4 is 5.32 Å². The first-order valence-corrected chi connectivity index (χ1v) is 5.12. The topological polar surface area (TPSA) is 58.6 Å². The van der Waals surface area contributed by atoms with Gasteiger partial charge in [0, 0.05) is 26.1 Å². The quantitative estimate of drug-likeness (QED) is 0.609. The summed E-state index contributed by atoms with van der Waals surface area (Å²) in [6, 6.07) is 0. The summed E-state index contributed by atoms with van der Waals surface area (Å²) in [5.41, 5.74) is 0. The molecule has 1 amide bonds. The van der Waals surface area contributed by atoms with Gasteiger partial charge in [0.15, 0.2) is 0 Å². The molecule has 0 fully saturated rings. The Bertz CT molecular complexity index is 207. The molecule has 5 heteroatoms. The highest BCUT2D eigenvalue weighted by Gasteiger charge is 2.06. The standard InChI is InChI=1S/C10H20N2O3/c1-4-11-9(13)5-7-12(2)8-6-10(14)15-3/h4-8H2,1-3H3,(H,11,13). The maximum atomic E-state index is 11.1. The zero-order valence-electron chi connectivity index (χ0n) is 9.71. The van der Waals surface area contributed by atoms with E-state index in [0.717, 1.165) is 0 Å². The van der Waals surface area contributed by atoms with E-state index in [9.17, 15) is 9.59 Å². The second-order valence-electron chi connectivity index (χ2n) is 3.33. The molecule has 0 aromatic carbocycles. The number of rotatable bonds is 7. The second kappa shape index (κ2) is 8.23. The molecule has 5 nitrogen and oxygen atoms in total. The minimum atomic E-state index is -0.222. The van der Waals surface area contributed by atoms with Crippen LogP contribution in [-0.4, -0.2) is 50.6 Å². The summed E-state index contributed by atoms with van der Waals surface area (Å²) >= 11 is 0. The van der Waals surface area contributed by atoms with E-state index >= 15 is 0 Å². The Hall–Kier alpha value is -1.10. The summed E-state index contributed by atoms with van der Waals surface area (Å²) in [6.45, 7) is 3.82. The molecule has 0 unspecified atom stereocenters. The van der Waals surface area contributed by atoms with Crippen molar-refractivity contribution in [2.75, 3.05) is 33.8 Å². The molecule has 15 heavy (non-hydrogen) atoms. The fraction of sp³-hybridized carbons (Fsp3) is 0.800. The lowest BCUT2D eigenvalue weighted by Gasteiger charge is -2.15. The van der Waals surface area contributed by atoms with Crippen molar-refractivity contribution < 1.29 is 14.3 Å². The predicted octanol–water partition coefficient (Wildman–Crippen LogP) is 0.00750. The molecule has 0 aliphatic rings. The Balaban J connectivity index is 3.52.